The second kappa shape index (κ2) is 46.0. The molecule has 14 atom stereocenters. The van der Waals surface area contributed by atoms with E-state index >= 15 is 0 Å². The van der Waals surface area contributed by atoms with Gasteiger partial charge in [0.1, 0.15) is 45.8 Å². The van der Waals surface area contributed by atoms with Crippen LogP contribution in [0.5, 0.6) is 0 Å². The van der Waals surface area contributed by atoms with Crippen molar-refractivity contribution in [2.45, 2.75) is 461 Å². The zero-order valence-corrected chi connectivity index (χ0v) is 93.1. The van der Waals surface area contributed by atoms with Gasteiger partial charge in [-0.3, -0.25) is 28.8 Å². The molecule has 0 aromatic carbocycles. The van der Waals surface area contributed by atoms with Crippen molar-refractivity contribution in [3.63, 3.8) is 0 Å². The molecule has 20 bridgehead atoms. The van der Waals surface area contributed by atoms with Crippen LogP contribution in [0.15, 0.2) is 48.6 Å². The third-order valence-corrected chi connectivity index (χ3v) is 39.7. The number of cyclic esters (lactones) is 2. The molecular formula is C121H188O26. The molecule has 0 radical (unpaired) electrons. The molecular weight excluding hydrogens is 1870 g/mol. The molecule has 2 heterocycles. The van der Waals surface area contributed by atoms with Gasteiger partial charge in [-0.1, -0.05) is 89.1 Å². The standard InChI is InChI=1S/C19H32O2.C17H24O6.C17H26O2.C16H26O3.C15H18O6.C14H20O3.C12H22O2.C10H16O2.CH4/c1-6-18(4,5)17(20)21-19(12(2)3)15-8-13-7-14(10-15)11-16(19)9-13;1-4-17(2,3)16(20)22-8-13(18)23-12-6-9-5-10(12)14-11(9)7-21-15(14)19;1-10(2)16(18)19-17(11(3)4)14-6-12-5-13(8-14)9-15(17)7-12;1-4-14(2,3)13(17)19-16-8-11-5-12(9-16)7-15(18,6-11)10-16;1-7(2)14(17)20-6-12(16)21-11-4-8-3-9(11)13-10(8)5-19-15(13)18;1-9(2)12(15)17-14-6-10-3-11(7-14)5-13(16,4-10)8-14;1-5-11(2,3)10(13)14-12(4)8-6-7-9-12;1-8(2)9(11)12-10(3)6-4-5-7-10;/h12-16H,6-11H2,1-5H3;9-12,14H,4-8H2,1-3H3;11-15H,1,5-9H2,2-4H3;11-12,18H,4-10H2,1-3H3;8-11,13H,1,3-6H2,2H3;10-11,16H,1,3-8H2,2H3;5-9H2,1-4H3;1,4-7H2,2-3H3;1H4. The second-order valence-corrected chi connectivity index (χ2v) is 53.7. The monoisotopic (exact) mass is 2060 g/mol. The summed E-state index contributed by atoms with van der Waals surface area (Å²) in [6.07, 6.45) is 39.0. The van der Waals surface area contributed by atoms with Crippen LogP contribution in [0.3, 0.4) is 0 Å². The molecule has 24 fully saturated rings. The van der Waals surface area contributed by atoms with E-state index in [4.69, 9.17) is 56.8 Å². The highest BCUT2D eigenvalue weighted by Gasteiger charge is 2.67. The Balaban J connectivity index is 0.000000150. The van der Waals surface area contributed by atoms with E-state index < -0.39 is 58.1 Å². The van der Waals surface area contributed by atoms with Gasteiger partial charge >= 0.3 is 71.6 Å². The quantitative estimate of drug-likeness (QED) is 0.0461. The van der Waals surface area contributed by atoms with Crippen LogP contribution in [0, 0.1) is 152 Å². The van der Waals surface area contributed by atoms with Gasteiger partial charge in [0, 0.05) is 58.8 Å². The molecule has 828 valence electrons. The van der Waals surface area contributed by atoms with Crippen molar-refractivity contribution in [2.75, 3.05) is 26.4 Å². The Labute approximate surface area is 879 Å². The lowest BCUT2D eigenvalue weighted by Gasteiger charge is -2.62. The van der Waals surface area contributed by atoms with Crippen LogP contribution in [0.25, 0.3) is 0 Å². The van der Waals surface area contributed by atoms with Gasteiger partial charge < -0.3 is 67.1 Å². The zero-order valence-electron chi connectivity index (χ0n) is 93.1. The van der Waals surface area contributed by atoms with Crippen molar-refractivity contribution in [3.8, 4) is 0 Å². The first-order chi connectivity index (χ1) is 68.1. The van der Waals surface area contributed by atoms with Crippen LogP contribution >= 0.6 is 0 Å². The van der Waals surface area contributed by atoms with E-state index in [1.165, 1.54) is 110 Å². The molecule has 22 saturated carbocycles. The summed E-state index contributed by atoms with van der Waals surface area (Å²) in [4.78, 5) is 142. The topological polar surface area (TPSA) is 356 Å². The van der Waals surface area contributed by atoms with Gasteiger partial charge in [0.05, 0.1) is 57.9 Å². The van der Waals surface area contributed by atoms with Crippen LogP contribution in [0.4, 0.5) is 0 Å². The minimum atomic E-state index is -0.612. The summed E-state index contributed by atoms with van der Waals surface area (Å²) in [6.45, 7) is 57.7. The third-order valence-electron chi connectivity index (χ3n) is 39.7. The first-order valence-electron chi connectivity index (χ1n) is 56.6. The Bertz CT molecular complexity index is 4720. The van der Waals surface area contributed by atoms with Crippen LogP contribution in [0.1, 0.15) is 404 Å². The van der Waals surface area contributed by atoms with Crippen molar-refractivity contribution < 1.29 is 125 Å². The smallest absolute Gasteiger partial charge is 0.344 e. The number of fused-ring (bicyclic) bond motifs is 10. The predicted octanol–water partition coefficient (Wildman–Crippen LogP) is 22.9. The Morgan fingerprint density at radius 3 is 0.986 bits per heavy atom. The van der Waals surface area contributed by atoms with E-state index in [1.807, 2.05) is 69.2 Å². The molecule has 2 aliphatic heterocycles. The van der Waals surface area contributed by atoms with E-state index in [0.29, 0.717) is 132 Å². The molecule has 24 rings (SSSR count). The largest absolute Gasteiger partial charge is 0.465 e. The number of aliphatic hydroxyl groups is 2. The zero-order chi connectivity index (χ0) is 107. The fraction of sp³-hybridized carbons (Fsp3) is 0.835. The third kappa shape index (κ3) is 26.4. The summed E-state index contributed by atoms with van der Waals surface area (Å²) in [5.74, 6) is 7.08. The van der Waals surface area contributed by atoms with Gasteiger partial charge in [0.2, 0.25) is 0 Å². The van der Waals surface area contributed by atoms with E-state index in [9.17, 15) is 67.7 Å². The molecule has 22 aliphatic carbocycles. The number of carbonyl (C=O) groups excluding carboxylic acids is 12. The van der Waals surface area contributed by atoms with E-state index in [0.717, 1.165) is 146 Å². The van der Waals surface area contributed by atoms with Gasteiger partial charge in [0.25, 0.3) is 0 Å². The Morgan fingerprint density at radius 2 is 0.653 bits per heavy atom. The van der Waals surface area contributed by atoms with Crippen LogP contribution < -0.4 is 0 Å². The minimum absolute atomic E-state index is 0. The maximum Gasteiger partial charge on any atom is 0.344 e. The lowest BCUT2D eigenvalue weighted by molar-refractivity contribution is -0.231. The molecule has 24 aliphatic rings. The van der Waals surface area contributed by atoms with Crippen molar-refractivity contribution in [1.29, 1.82) is 0 Å². The normalized spacial score (nSPS) is 37.0. The minimum Gasteiger partial charge on any atom is -0.465 e. The SMILES string of the molecule is C.C=C(C)C(=O)OC1(C(C)C)C2CC3CC(C2)CC1C3.C=C(C)C(=O)OC1(C)CCCC1.C=C(C)C(=O)OC12CC3CC(CC(O)(C3)C1)C2.C=C(C)C(=O)OCC(=O)OC1CC2CC1C1C(=O)OCC21.CCC(C)(C)C(=O)OC1(C(C)C)C2CC3CC(C2)CC1C3.CCC(C)(C)C(=O)OC1(C)CCCC1.CCC(C)(C)C(=O)OC12CC3CC(CC(O)(C3)C1)C2.CCC(C)(C)C(=O)OCC(=O)OC1CC2CC1C1C(=O)OCC21. The van der Waals surface area contributed by atoms with Crippen molar-refractivity contribution in [1.82, 2.24) is 0 Å². The molecule has 147 heavy (non-hydrogen) atoms. The molecule has 26 heteroatoms. The maximum absolute atomic E-state index is 12.8. The number of rotatable bonds is 26. The van der Waals surface area contributed by atoms with Crippen molar-refractivity contribution >= 4 is 71.6 Å². The predicted molar refractivity (Wildman–Crippen MR) is 557 cm³/mol. The molecule has 2 N–H and O–H groups in total. The van der Waals surface area contributed by atoms with Crippen molar-refractivity contribution in [2.24, 2.45) is 152 Å². The van der Waals surface area contributed by atoms with Gasteiger partial charge in [-0.25, -0.2) is 28.8 Å². The van der Waals surface area contributed by atoms with E-state index in [-0.39, 0.29) is 142 Å². The van der Waals surface area contributed by atoms with Crippen LogP contribution in [0.2, 0.25) is 0 Å². The highest BCUT2D eigenvalue weighted by molar-refractivity contribution is 5.90. The van der Waals surface area contributed by atoms with Crippen LogP contribution in [-0.4, -0.2) is 165 Å². The average Bonchev–Trinajstić information content (AvgIpc) is 1.22. The molecule has 14 unspecified atom stereocenters. The van der Waals surface area contributed by atoms with Crippen molar-refractivity contribution in [3.05, 3.63) is 48.6 Å². The van der Waals surface area contributed by atoms with Gasteiger partial charge in [-0.05, 0) is 423 Å². The Kier molecular flexibility index (Phi) is 37.0. The fourth-order valence-corrected chi connectivity index (χ4v) is 31.5. The number of esters is 12. The molecule has 0 spiro atoms. The lowest BCUT2D eigenvalue weighted by Crippen LogP contribution is -2.63. The molecule has 26 nitrogen and oxygen atoms in total. The number of hydrogen-bond acceptors (Lipinski definition) is 26. The van der Waals surface area contributed by atoms with E-state index in [1.54, 1.807) is 34.6 Å². The highest BCUT2D eigenvalue weighted by Crippen LogP contribution is 2.67. The van der Waals surface area contributed by atoms with Gasteiger partial charge in [-0.15, -0.1) is 0 Å². The lowest BCUT2D eigenvalue weighted by atomic mass is 9.47. The number of carbonyl (C=O) groups is 12. The molecule has 2 saturated heterocycles. The molecule has 0 aromatic heterocycles. The Hall–Kier alpha value is -7.48. The summed E-state index contributed by atoms with van der Waals surface area (Å²) in [6, 6.07) is 0. The van der Waals surface area contributed by atoms with E-state index in [2.05, 4.69) is 67.9 Å². The summed E-state index contributed by atoms with van der Waals surface area (Å²) < 4.78 is 66.0. The first kappa shape index (κ1) is 118. The summed E-state index contributed by atoms with van der Waals surface area (Å²) in [5, 5.41) is 21.2. The average molecular weight is 2060 g/mol. The fourth-order valence-electron chi connectivity index (χ4n) is 31.5. The van der Waals surface area contributed by atoms with Crippen LogP contribution in [-0.2, 0) is 114 Å². The molecule has 0 aromatic rings. The number of hydrogen-bond donors (Lipinski definition) is 2. The summed E-state index contributed by atoms with van der Waals surface area (Å²) >= 11 is 0. The Morgan fingerprint density at radius 1 is 0.361 bits per heavy atom. The summed E-state index contributed by atoms with van der Waals surface area (Å²) in [5.41, 5.74) is -2.62. The summed E-state index contributed by atoms with van der Waals surface area (Å²) in [7, 11) is 0. The second-order valence-electron chi connectivity index (χ2n) is 53.7. The highest BCUT2D eigenvalue weighted by atomic mass is 16.6. The first-order valence-corrected chi connectivity index (χ1v) is 56.6. The number of ether oxygens (including phenoxy) is 12. The molecule has 0 amide bonds. The maximum atomic E-state index is 12.8. The van der Waals surface area contributed by atoms with Gasteiger partial charge in [-0.2, -0.15) is 0 Å². The van der Waals surface area contributed by atoms with Gasteiger partial charge in [0.15, 0.2) is 13.2 Å².